The van der Waals surface area contributed by atoms with Gasteiger partial charge in [0.25, 0.3) is 0 Å². The fraction of sp³-hybridized carbons (Fsp3) is 0.556. The highest BCUT2D eigenvalue weighted by molar-refractivity contribution is 7.15. The van der Waals surface area contributed by atoms with Gasteiger partial charge in [-0.2, -0.15) is 0 Å². The number of thiazole rings is 1. The predicted octanol–water partition coefficient (Wildman–Crippen LogP) is 1.36. The van der Waals surface area contributed by atoms with Crippen LogP contribution in [0.15, 0.2) is 6.20 Å². The molecule has 15 heavy (non-hydrogen) atoms. The standard InChI is InChI=1S/C9H14ClN3OS/c1-11-8(14)3-4-13(2)6-7-5-12-9(10)15-7/h5H,3-4,6H2,1-2H3,(H,11,14). The molecule has 0 atom stereocenters. The summed E-state index contributed by atoms with van der Waals surface area (Å²) in [5, 5.41) is 2.59. The molecular formula is C9H14ClN3OS. The van der Waals surface area contributed by atoms with Gasteiger partial charge in [-0.25, -0.2) is 4.98 Å². The summed E-state index contributed by atoms with van der Waals surface area (Å²) in [6.45, 7) is 1.51. The summed E-state index contributed by atoms with van der Waals surface area (Å²) in [6, 6.07) is 0. The molecule has 6 heteroatoms. The Morgan fingerprint density at radius 2 is 2.47 bits per heavy atom. The summed E-state index contributed by atoms with van der Waals surface area (Å²) in [6.07, 6.45) is 2.28. The van der Waals surface area contributed by atoms with Crippen LogP contribution in [-0.2, 0) is 11.3 Å². The summed E-state index contributed by atoms with van der Waals surface area (Å²) >= 11 is 7.19. The number of hydrogen-bond acceptors (Lipinski definition) is 4. The lowest BCUT2D eigenvalue weighted by molar-refractivity contribution is -0.120. The van der Waals surface area contributed by atoms with Crippen LogP contribution in [0.4, 0.5) is 0 Å². The van der Waals surface area contributed by atoms with E-state index in [-0.39, 0.29) is 5.91 Å². The molecule has 0 aromatic carbocycles. The van der Waals surface area contributed by atoms with Crippen LogP contribution in [0, 0.1) is 0 Å². The zero-order valence-electron chi connectivity index (χ0n) is 8.79. The lowest BCUT2D eigenvalue weighted by Gasteiger charge is -2.14. The Morgan fingerprint density at radius 1 is 1.73 bits per heavy atom. The van der Waals surface area contributed by atoms with Crippen molar-refractivity contribution in [1.29, 1.82) is 0 Å². The number of amides is 1. The molecule has 0 aliphatic rings. The molecule has 1 amide bonds. The number of carbonyl (C=O) groups is 1. The van der Waals surface area contributed by atoms with E-state index in [1.54, 1.807) is 13.2 Å². The summed E-state index contributed by atoms with van der Waals surface area (Å²) in [7, 11) is 3.61. The van der Waals surface area contributed by atoms with Gasteiger partial charge in [0.2, 0.25) is 5.91 Å². The van der Waals surface area contributed by atoms with Gasteiger partial charge in [0.05, 0.1) is 0 Å². The van der Waals surface area contributed by atoms with Gasteiger partial charge < -0.3 is 10.2 Å². The van der Waals surface area contributed by atoms with Gasteiger partial charge in [-0.05, 0) is 7.05 Å². The Labute approximate surface area is 98.3 Å². The second-order valence-corrected chi connectivity index (χ2v) is 4.94. The van der Waals surface area contributed by atoms with E-state index in [9.17, 15) is 4.79 Å². The first-order chi connectivity index (χ1) is 7.11. The fourth-order valence-corrected chi connectivity index (χ4v) is 2.18. The van der Waals surface area contributed by atoms with E-state index in [0.717, 1.165) is 18.0 Å². The maximum atomic E-state index is 11.0. The normalized spacial score (nSPS) is 10.7. The van der Waals surface area contributed by atoms with Gasteiger partial charge in [-0.3, -0.25) is 4.79 Å². The molecule has 1 N–H and O–H groups in total. The van der Waals surface area contributed by atoms with Crippen LogP contribution in [0.5, 0.6) is 0 Å². The molecule has 4 nitrogen and oxygen atoms in total. The molecule has 0 fully saturated rings. The second kappa shape index (κ2) is 6.05. The summed E-state index contributed by atoms with van der Waals surface area (Å²) < 4.78 is 0.560. The largest absolute Gasteiger partial charge is 0.359 e. The van der Waals surface area contributed by atoms with Crippen molar-refractivity contribution in [2.45, 2.75) is 13.0 Å². The third kappa shape index (κ3) is 4.59. The molecule has 0 bridgehead atoms. The summed E-state index contributed by atoms with van der Waals surface area (Å²) in [4.78, 5) is 18.1. The van der Waals surface area contributed by atoms with Gasteiger partial charge in [0, 0.05) is 37.6 Å². The van der Waals surface area contributed by atoms with Gasteiger partial charge >= 0.3 is 0 Å². The molecule has 0 radical (unpaired) electrons. The van der Waals surface area contributed by atoms with Crippen molar-refractivity contribution in [2.24, 2.45) is 0 Å². The quantitative estimate of drug-likeness (QED) is 0.855. The lowest BCUT2D eigenvalue weighted by Crippen LogP contribution is -2.26. The summed E-state index contributed by atoms with van der Waals surface area (Å²) in [5.41, 5.74) is 0. The van der Waals surface area contributed by atoms with E-state index in [0.29, 0.717) is 10.9 Å². The van der Waals surface area contributed by atoms with E-state index in [4.69, 9.17) is 11.6 Å². The smallest absolute Gasteiger partial charge is 0.221 e. The van der Waals surface area contributed by atoms with Gasteiger partial charge in [0.15, 0.2) is 4.47 Å². The van der Waals surface area contributed by atoms with Crippen molar-refractivity contribution >= 4 is 28.8 Å². The molecule has 0 aliphatic carbocycles. The van der Waals surface area contributed by atoms with Crippen molar-refractivity contribution in [3.05, 3.63) is 15.5 Å². The highest BCUT2D eigenvalue weighted by Gasteiger charge is 2.05. The lowest BCUT2D eigenvalue weighted by atomic mass is 10.3. The number of halogens is 1. The Hall–Kier alpha value is -0.650. The van der Waals surface area contributed by atoms with Crippen molar-refractivity contribution in [1.82, 2.24) is 15.2 Å². The predicted molar refractivity (Wildman–Crippen MR) is 62.1 cm³/mol. The number of aromatic nitrogens is 1. The molecule has 0 aliphatic heterocycles. The number of nitrogens with one attached hydrogen (secondary N) is 1. The minimum absolute atomic E-state index is 0.0594. The van der Waals surface area contributed by atoms with Crippen LogP contribution < -0.4 is 5.32 Å². The van der Waals surface area contributed by atoms with Crippen molar-refractivity contribution in [3.8, 4) is 0 Å². The number of rotatable bonds is 5. The minimum Gasteiger partial charge on any atom is -0.359 e. The maximum absolute atomic E-state index is 11.0. The Morgan fingerprint density at radius 3 is 3.00 bits per heavy atom. The average Bonchev–Trinajstić information content (AvgIpc) is 2.60. The van der Waals surface area contributed by atoms with Crippen LogP contribution in [0.2, 0.25) is 4.47 Å². The van der Waals surface area contributed by atoms with Crippen LogP contribution in [0.1, 0.15) is 11.3 Å². The maximum Gasteiger partial charge on any atom is 0.221 e. The van der Waals surface area contributed by atoms with Crippen LogP contribution in [0.3, 0.4) is 0 Å². The highest BCUT2D eigenvalue weighted by atomic mass is 35.5. The van der Waals surface area contributed by atoms with Crippen molar-refractivity contribution < 1.29 is 4.79 Å². The van der Waals surface area contributed by atoms with Crippen molar-refractivity contribution in [2.75, 3.05) is 20.6 Å². The number of carbonyl (C=O) groups excluding carboxylic acids is 1. The molecule has 0 saturated heterocycles. The number of nitrogens with zero attached hydrogens (tertiary/aromatic N) is 2. The molecular weight excluding hydrogens is 234 g/mol. The first-order valence-corrected chi connectivity index (χ1v) is 5.80. The topological polar surface area (TPSA) is 45.2 Å². The van der Waals surface area contributed by atoms with E-state index in [2.05, 4.69) is 15.2 Å². The molecule has 0 unspecified atom stereocenters. The van der Waals surface area contributed by atoms with E-state index in [1.807, 2.05) is 7.05 Å². The zero-order valence-corrected chi connectivity index (χ0v) is 10.4. The van der Waals surface area contributed by atoms with Gasteiger partial charge in [-0.15, -0.1) is 11.3 Å². The van der Waals surface area contributed by atoms with Gasteiger partial charge in [-0.1, -0.05) is 11.6 Å². The monoisotopic (exact) mass is 247 g/mol. The Bertz CT molecular complexity index is 329. The molecule has 0 spiro atoms. The molecule has 1 heterocycles. The molecule has 1 aromatic rings. The first-order valence-electron chi connectivity index (χ1n) is 4.61. The van der Waals surface area contributed by atoms with E-state index >= 15 is 0 Å². The third-order valence-corrected chi connectivity index (χ3v) is 3.05. The van der Waals surface area contributed by atoms with Crippen LogP contribution in [0.25, 0.3) is 0 Å². The zero-order chi connectivity index (χ0) is 11.3. The fourth-order valence-electron chi connectivity index (χ4n) is 1.12. The Balaban J connectivity index is 2.30. The van der Waals surface area contributed by atoms with Gasteiger partial charge in [0.1, 0.15) is 0 Å². The highest BCUT2D eigenvalue weighted by Crippen LogP contribution is 2.18. The Kier molecular flexibility index (Phi) is 5.01. The molecule has 84 valence electrons. The second-order valence-electron chi connectivity index (χ2n) is 3.24. The molecule has 1 aromatic heterocycles. The average molecular weight is 248 g/mol. The first kappa shape index (κ1) is 12.4. The SMILES string of the molecule is CNC(=O)CCN(C)Cc1cnc(Cl)s1. The third-order valence-electron chi connectivity index (χ3n) is 1.95. The van der Waals surface area contributed by atoms with Crippen LogP contribution in [-0.4, -0.2) is 36.4 Å². The summed E-state index contributed by atoms with van der Waals surface area (Å²) in [5.74, 6) is 0.0594. The van der Waals surface area contributed by atoms with Crippen LogP contribution >= 0.6 is 22.9 Å². The minimum atomic E-state index is 0.0594. The molecule has 0 saturated carbocycles. The molecule has 1 rings (SSSR count). The number of hydrogen-bond donors (Lipinski definition) is 1. The van der Waals surface area contributed by atoms with E-state index in [1.165, 1.54) is 11.3 Å². The van der Waals surface area contributed by atoms with E-state index < -0.39 is 0 Å². The van der Waals surface area contributed by atoms with Crippen molar-refractivity contribution in [3.63, 3.8) is 0 Å².